The summed E-state index contributed by atoms with van der Waals surface area (Å²) in [5, 5.41) is 17.5. The van der Waals surface area contributed by atoms with Gasteiger partial charge in [-0.1, -0.05) is 54.6 Å². The molecule has 0 radical (unpaired) electrons. The van der Waals surface area contributed by atoms with Gasteiger partial charge in [0.25, 0.3) is 5.92 Å². The normalized spacial score (nSPS) is 24.2. The van der Waals surface area contributed by atoms with Crippen molar-refractivity contribution in [1.29, 1.82) is 0 Å². The van der Waals surface area contributed by atoms with Crippen molar-refractivity contribution in [3.8, 4) is 11.3 Å². The fourth-order valence-corrected chi connectivity index (χ4v) is 8.61. The standard InChI is InChI=1S/C44H49F2N11O2/c1-52(35-20-22-53(26-35)24-29-8-12-31(13-9-29)36-4-2-6-38-47-42(50-56(36)38)48-40(58)33-16-17-33)28-55-39-7-3-5-37(57(39)51-43(55)49-41(59)34-18-19-34)32-14-10-30(11-15-32)25-54-23-21-44(45,46)27-54/h2-14,33-35H,15-28H2,1H3,(H,48,50,58)(H,49,51,59). The SMILES string of the molecule is CN(CN1C2=CC=CC(=C3C=CC(CN4CCC(F)(F)C4)=CC3)N2N=C1NC(=O)C1CC1)C1CCN(Cc2ccc(-c3cccc4nc(NC(=O)C5CC5)nn34)cc2)C1. The van der Waals surface area contributed by atoms with Gasteiger partial charge in [0, 0.05) is 62.6 Å². The van der Waals surface area contributed by atoms with Crippen molar-refractivity contribution in [3.05, 3.63) is 107 Å². The number of fused-ring (bicyclic) bond motifs is 2. The molecule has 2 aromatic heterocycles. The van der Waals surface area contributed by atoms with Gasteiger partial charge < -0.3 is 0 Å². The van der Waals surface area contributed by atoms with Crippen molar-refractivity contribution in [2.45, 2.75) is 63.5 Å². The van der Waals surface area contributed by atoms with Gasteiger partial charge in [-0.2, -0.15) is 4.98 Å². The number of amides is 2. The number of guanidine groups is 1. The number of carbonyl (C=O) groups is 2. The third kappa shape index (κ3) is 8.10. The third-order valence-electron chi connectivity index (χ3n) is 12.4. The summed E-state index contributed by atoms with van der Waals surface area (Å²) in [6.07, 6.45) is 17.6. The van der Waals surface area contributed by atoms with Crippen LogP contribution < -0.4 is 10.6 Å². The summed E-state index contributed by atoms with van der Waals surface area (Å²) in [4.78, 5) is 38.7. The minimum atomic E-state index is -2.60. The molecule has 2 saturated carbocycles. The minimum absolute atomic E-state index is 0.00906. The van der Waals surface area contributed by atoms with Crippen LogP contribution in [0, 0.1) is 11.8 Å². The van der Waals surface area contributed by atoms with E-state index in [0.29, 0.717) is 49.8 Å². The number of carbonyl (C=O) groups excluding carboxylic acids is 2. The second-order valence-corrected chi connectivity index (χ2v) is 17.0. The van der Waals surface area contributed by atoms with Crippen LogP contribution in [0.15, 0.2) is 107 Å². The Balaban J connectivity index is 0.783. The zero-order chi connectivity index (χ0) is 40.3. The van der Waals surface area contributed by atoms with Crippen LogP contribution in [0.1, 0.15) is 50.5 Å². The quantitative estimate of drug-likeness (QED) is 0.259. The number of aromatic nitrogens is 3. The van der Waals surface area contributed by atoms with Crippen LogP contribution in [0.5, 0.6) is 0 Å². The average molecular weight is 802 g/mol. The number of nitrogens with one attached hydrogen (secondary N) is 2. The Morgan fingerprint density at radius 2 is 1.71 bits per heavy atom. The third-order valence-corrected chi connectivity index (χ3v) is 12.4. The molecule has 10 rings (SSSR count). The number of likely N-dealkylation sites (tertiary alicyclic amines) is 2. The highest BCUT2D eigenvalue weighted by Crippen LogP contribution is 2.36. The van der Waals surface area contributed by atoms with Gasteiger partial charge in [-0.05, 0) is 86.6 Å². The topological polar surface area (TPSA) is 117 Å². The molecule has 2 amide bonds. The molecule has 7 aliphatic rings. The molecule has 59 heavy (non-hydrogen) atoms. The van der Waals surface area contributed by atoms with Crippen molar-refractivity contribution in [3.63, 3.8) is 0 Å². The summed E-state index contributed by atoms with van der Waals surface area (Å²) in [6, 6.07) is 14.8. The number of anilines is 1. The number of allylic oxidation sites excluding steroid dienone is 6. The van der Waals surface area contributed by atoms with Crippen molar-refractivity contribution < 1.29 is 18.4 Å². The maximum absolute atomic E-state index is 13.8. The number of nitrogens with zero attached hydrogens (tertiary/aromatic N) is 9. The number of alkyl halides is 2. The highest BCUT2D eigenvalue weighted by atomic mass is 19.3. The van der Waals surface area contributed by atoms with Crippen molar-refractivity contribution >= 4 is 29.4 Å². The summed E-state index contributed by atoms with van der Waals surface area (Å²) in [6.45, 7) is 4.01. The zero-order valence-corrected chi connectivity index (χ0v) is 33.2. The van der Waals surface area contributed by atoms with Crippen molar-refractivity contribution in [1.82, 2.24) is 44.5 Å². The van der Waals surface area contributed by atoms with Gasteiger partial charge in [0.15, 0.2) is 5.65 Å². The summed E-state index contributed by atoms with van der Waals surface area (Å²) < 4.78 is 29.4. The first-order chi connectivity index (χ1) is 28.6. The predicted octanol–water partition coefficient (Wildman–Crippen LogP) is 5.52. The molecule has 3 aromatic rings. The van der Waals surface area contributed by atoms with E-state index in [0.717, 1.165) is 85.7 Å². The zero-order valence-electron chi connectivity index (χ0n) is 33.2. The number of halogens is 2. The van der Waals surface area contributed by atoms with Gasteiger partial charge >= 0.3 is 0 Å². The maximum atomic E-state index is 13.8. The fourth-order valence-electron chi connectivity index (χ4n) is 8.61. The number of hydrogen-bond donors (Lipinski definition) is 2. The molecule has 306 valence electrons. The molecule has 13 nitrogen and oxygen atoms in total. The van der Waals surface area contributed by atoms with Crippen LogP contribution >= 0.6 is 0 Å². The van der Waals surface area contributed by atoms with E-state index < -0.39 is 5.92 Å². The van der Waals surface area contributed by atoms with E-state index in [4.69, 9.17) is 5.10 Å². The first kappa shape index (κ1) is 37.7. The number of hydrazone groups is 1. The van der Waals surface area contributed by atoms with E-state index in [2.05, 4.69) is 78.9 Å². The lowest BCUT2D eigenvalue weighted by molar-refractivity contribution is -0.121. The van der Waals surface area contributed by atoms with Crippen LogP contribution in [0.3, 0.4) is 0 Å². The Morgan fingerprint density at radius 3 is 2.44 bits per heavy atom. The molecule has 4 fully saturated rings. The Bertz CT molecular complexity index is 2350. The van der Waals surface area contributed by atoms with E-state index in [1.54, 1.807) is 4.52 Å². The first-order valence-corrected chi connectivity index (χ1v) is 20.9. The van der Waals surface area contributed by atoms with Gasteiger partial charge in [-0.15, -0.1) is 10.2 Å². The number of hydrogen-bond acceptors (Lipinski definition) is 10. The smallest absolute Gasteiger partial charge is 0.261 e. The van der Waals surface area contributed by atoms with Gasteiger partial charge in [-0.25, -0.2) is 18.3 Å². The fraction of sp³-hybridized carbons (Fsp3) is 0.432. The molecule has 1 atom stereocenters. The molecule has 4 aliphatic heterocycles. The van der Waals surface area contributed by atoms with Gasteiger partial charge in [0.05, 0.1) is 24.6 Å². The van der Waals surface area contributed by atoms with Crippen LogP contribution in [0.2, 0.25) is 0 Å². The predicted molar refractivity (Wildman–Crippen MR) is 220 cm³/mol. The summed E-state index contributed by atoms with van der Waals surface area (Å²) in [5.41, 5.74) is 6.89. The minimum Gasteiger partial charge on any atom is -0.297 e. The number of benzene rings is 1. The highest BCUT2D eigenvalue weighted by Gasteiger charge is 2.40. The Morgan fingerprint density at radius 1 is 0.915 bits per heavy atom. The highest BCUT2D eigenvalue weighted by molar-refractivity contribution is 6.00. The molecule has 2 saturated heterocycles. The lowest BCUT2D eigenvalue weighted by Gasteiger charge is -2.33. The van der Waals surface area contributed by atoms with E-state index >= 15 is 0 Å². The molecule has 2 N–H and O–H groups in total. The molecular formula is C44H49F2N11O2. The van der Waals surface area contributed by atoms with E-state index in [-0.39, 0.29) is 36.6 Å². The second-order valence-electron chi connectivity index (χ2n) is 17.0. The largest absolute Gasteiger partial charge is 0.297 e. The summed E-state index contributed by atoms with van der Waals surface area (Å²) >= 11 is 0. The van der Waals surface area contributed by atoms with Crippen LogP contribution in [0.25, 0.3) is 16.9 Å². The van der Waals surface area contributed by atoms with Crippen LogP contribution in [-0.4, -0.2) is 115 Å². The molecule has 1 aromatic carbocycles. The lowest BCUT2D eigenvalue weighted by Crippen LogP contribution is -2.48. The van der Waals surface area contributed by atoms with E-state index in [1.165, 1.54) is 5.56 Å². The summed E-state index contributed by atoms with van der Waals surface area (Å²) in [5.74, 6) is -0.745. The molecule has 15 heteroatoms. The number of pyridine rings is 1. The lowest BCUT2D eigenvalue weighted by atomic mass is 9.99. The Hall–Kier alpha value is -5.51. The van der Waals surface area contributed by atoms with Crippen LogP contribution in [-0.2, 0) is 16.1 Å². The molecule has 1 unspecified atom stereocenters. The number of likely N-dealkylation sites (N-methyl/N-ethyl adjacent to an activating group) is 1. The Kier molecular flexibility index (Phi) is 9.76. The van der Waals surface area contributed by atoms with Crippen molar-refractivity contribution in [2.24, 2.45) is 16.9 Å². The van der Waals surface area contributed by atoms with Crippen molar-refractivity contribution in [2.75, 3.05) is 51.8 Å². The molecular weight excluding hydrogens is 753 g/mol. The van der Waals surface area contributed by atoms with Crippen LogP contribution in [0.4, 0.5) is 14.7 Å². The Labute approximate surface area is 342 Å². The van der Waals surface area contributed by atoms with E-state index in [1.807, 2.05) is 52.4 Å². The summed E-state index contributed by atoms with van der Waals surface area (Å²) in [7, 11) is 2.14. The molecule has 0 bridgehead atoms. The molecule has 0 spiro atoms. The number of rotatable bonds is 11. The monoisotopic (exact) mass is 801 g/mol. The maximum Gasteiger partial charge on any atom is 0.261 e. The van der Waals surface area contributed by atoms with Gasteiger partial charge in [0.1, 0.15) is 5.82 Å². The first-order valence-electron chi connectivity index (χ1n) is 20.9. The second kappa shape index (κ2) is 15.3. The van der Waals surface area contributed by atoms with Gasteiger partial charge in [0.2, 0.25) is 23.7 Å². The molecule has 3 aliphatic carbocycles. The van der Waals surface area contributed by atoms with Gasteiger partial charge in [-0.3, -0.25) is 39.8 Å². The molecule has 6 heterocycles. The average Bonchev–Trinajstić information content (AvgIpc) is 4.12. The van der Waals surface area contributed by atoms with E-state index in [9.17, 15) is 18.4 Å².